The third-order valence-corrected chi connectivity index (χ3v) is 7.78. The van der Waals surface area contributed by atoms with Crippen molar-refractivity contribution in [2.75, 3.05) is 0 Å². The zero-order valence-corrected chi connectivity index (χ0v) is 18.9. The van der Waals surface area contributed by atoms with Crippen molar-refractivity contribution >= 4 is 0 Å². The van der Waals surface area contributed by atoms with Crippen molar-refractivity contribution in [2.45, 2.75) is 19.3 Å². The van der Waals surface area contributed by atoms with E-state index in [0.29, 0.717) is 0 Å². The lowest BCUT2D eigenvalue weighted by Crippen LogP contribution is -2.25. The van der Waals surface area contributed by atoms with Crippen LogP contribution in [0.2, 0.25) is 0 Å². The second-order valence-corrected chi connectivity index (χ2v) is 9.41. The maximum atomic E-state index is 2.49. The minimum atomic E-state index is -0.274. The molecule has 2 aliphatic carbocycles. The van der Waals surface area contributed by atoms with E-state index in [0.717, 1.165) is 0 Å². The lowest BCUT2D eigenvalue weighted by molar-refractivity contribution is 0.794. The molecule has 1 spiro atoms. The maximum absolute atomic E-state index is 2.49. The molecule has 33 heavy (non-hydrogen) atoms. The standard InChI is InChI=1S/C33H24/c1-21-11-3-4-12-23(21)27-20-32-28(19-22(27)2)26-15-7-10-18-31(26)33(32)29-16-8-5-13-24(29)25-14-6-9-17-30(25)33/h3-20H,1-2H3. The lowest BCUT2D eigenvalue weighted by Gasteiger charge is -2.31. The van der Waals surface area contributed by atoms with Gasteiger partial charge in [-0.25, -0.2) is 0 Å². The van der Waals surface area contributed by atoms with Crippen molar-refractivity contribution in [3.8, 4) is 33.4 Å². The van der Waals surface area contributed by atoms with E-state index in [-0.39, 0.29) is 5.41 Å². The molecule has 0 fully saturated rings. The van der Waals surface area contributed by atoms with Gasteiger partial charge in [0.05, 0.1) is 5.41 Å². The molecular weight excluding hydrogens is 396 g/mol. The molecule has 5 aromatic carbocycles. The van der Waals surface area contributed by atoms with Crippen molar-refractivity contribution in [3.05, 3.63) is 143 Å². The van der Waals surface area contributed by atoms with Crippen LogP contribution < -0.4 is 0 Å². The van der Waals surface area contributed by atoms with E-state index in [4.69, 9.17) is 0 Å². The summed E-state index contributed by atoms with van der Waals surface area (Å²) in [5.74, 6) is 0. The normalized spacial score (nSPS) is 14.0. The smallest absolute Gasteiger partial charge is 0.0620 e. The molecule has 7 rings (SSSR count). The van der Waals surface area contributed by atoms with Gasteiger partial charge in [0.1, 0.15) is 0 Å². The van der Waals surface area contributed by atoms with Crippen molar-refractivity contribution in [1.82, 2.24) is 0 Å². The van der Waals surface area contributed by atoms with E-state index < -0.39 is 0 Å². The van der Waals surface area contributed by atoms with Crippen LogP contribution >= 0.6 is 0 Å². The summed E-state index contributed by atoms with van der Waals surface area (Å²) in [7, 11) is 0. The molecule has 0 aromatic heterocycles. The summed E-state index contributed by atoms with van der Waals surface area (Å²) in [6.07, 6.45) is 0. The summed E-state index contributed by atoms with van der Waals surface area (Å²) in [4.78, 5) is 0. The molecule has 0 saturated carbocycles. The van der Waals surface area contributed by atoms with Gasteiger partial charge in [-0.3, -0.25) is 0 Å². The zero-order valence-electron chi connectivity index (χ0n) is 18.9. The Balaban J connectivity index is 1.66. The largest absolute Gasteiger partial charge is 0.0725 e. The van der Waals surface area contributed by atoms with Gasteiger partial charge in [-0.15, -0.1) is 0 Å². The van der Waals surface area contributed by atoms with Crippen molar-refractivity contribution in [2.24, 2.45) is 0 Å². The molecule has 0 nitrogen and oxygen atoms in total. The molecule has 0 heteroatoms. The van der Waals surface area contributed by atoms with Gasteiger partial charge in [-0.2, -0.15) is 0 Å². The molecule has 0 heterocycles. The Morgan fingerprint density at radius 3 is 1.36 bits per heavy atom. The average Bonchev–Trinajstić information content (AvgIpc) is 3.31. The minimum Gasteiger partial charge on any atom is -0.0620 e. The Hall–Kier alpha value is -3.90. The summed E-state index contributed by atoms with van der Waals surface area (Å²) in [5, 5.41) is 0. The van der Waals surface area contributed by atoms with Crippen LogP contribution in [0.15, 0.2) is 109 Å². The Bertz CT molecular complexity index is 1540. The van der Waals surface area contributed by atoms with E-state index in [1.807, 2.05) is 0 Å². The van der Waals surface area contributed by atoms with Crippen LogP contribution in [0.1, 0.15) is 33.4 Å². The third-order valence-electron chi connectivity index (χ3n) is 7.78. The highest BCUT2D eigenvalue weighted by molar-refractivity contribution is 5.96. The van der Waals surface area contributed by atoms with Crippen LogP contribution in [0.3, 0.4) is 0 Å². The Morgan fingerprint density at radius 2 is 0.818 bits per heavy atom. The van der Waals surface area contributed by atoms with Crippen LogP contribution in [-0.2, 0) is 5.41 Å². The second kappa shape index (κ2) is 6.56. The highest BCUT2D eigenvalue weighted by atomic mass is 14.5. The SMILES string of the molecule is Cc1ccccc1-c1cc2c(cc1C)-c1ccccc1C21c2ccccc2-c2ccccc21. The number of aryl methyl sites for hydroxylation is 2. The Labute approximate surface area is 195 Å². The van der Waals surface area contributed by atoms with E-state index in [9.17, 15) is 0 Å². The minimum absolute atomic E-state index is 0.274. The van der Waals surface area contributed by atoms with Gasteiger partial charge in [0.25, 0.3) is 0 Å². The number of hydrogen-bond donors (Lipinski definition) is 0. The fraction of sp³-hybridized carbons (Fsp3) is 0.0909. The molecule has 0 unspecified atom stereocenters. The first kappa shape index (κ1) is 18.7. The molecule has 0 saturated heterocycles. The molecule has 0 amide bonds. The molecule has 0 N–H and O–H groups in total. The monoisotopic (exact) mass is 420 g/mol. The van der Waals surface area contributed by atoms with Crippen molar-refractivity contribution in [1.29, 1.82) is 0 Å². The topological polar surface area (TPSA) is 0 Å². The summed E-state index contributed by atoms with van der Waals surface area (Å²) < 4.78 is 0. The van der Waals surface area contributed by atoms with Crippen LogP contribution in [0.5, 0.6) is 0 Å². The third kappa shape index (κ3) is 2.26. The summed E-state index contributed by atoms with van der Waals surface area (Å²) >= 11 is 0. The predicted molar refractivity (Wildman–Crippen MR) is 138 cm³/mol. The van der Waals surface area contributed by atoms with Gasteiger partial charge in [0.15, 0.2) is 0 Å². The fourth-order valence-electron chi connectivity index (χ4n) is 6.41. The molecule has 0 aliphatic heterocycles. The van der Waals surface area contributed by atoms with Crippen molar-refractivity contribution in [3.63, 3.8) is 0 Å². The zero-order chi connectivity index (χ0) is 22.2. The molecule has 0 radical (unpaired) electrons. The van der Waals surface area contributed by atoms with E-state index in [1.165, 1.54) is 66.8 Å². The van der Waals surface area contributed by atoms with Gasteiger partial charge in [-0.1, -0.05) is 103 Å². The highest BCUT2D eigenvalue weighted by Crippen LogP contribution is 2.63. The first-order chi connectivity index (χ1) is 16.2. The maximum Gasteiger partial charge on any atom is 0.0725 e. The van der Waals surface area contributed by atoms with Gasteiger partial charge >= 0.3 is 0 Å². The van der Waals surface area contributed by atoms with Crippen LogP contribution in [0.25, 0.3) is 33.4 Å². The summed E-state index contributed by atoms with van der Waals surface area (Å²) in [6.45, 7) is 4.47. The second-order valence-electron chi connectivity index (χ2n) is 9.41. The van der Waals surface area contributed by atoms with Crippen LogP contribution in [-0.4, -0.2) is 0 Å². The van der Waals surface area contributed by atoms with Gasteiger partial charge in [0, 0.05) is 0 Å². The highest BCUT2D eigenvalue weighted by Gasteiger charge is 2.51. The Morgan fingerprint density at radius 1 is 0.364 bits per heavy atom. The predicted octanol–water partition coefficient (Wildman–Crippen LogP) is 8.31. The first-order valence-corrected chi connectivity index (χ1v) is 11.7. The quantitative estimate of drug-likeness (QED) is 0.250. The number of hydrogen-bond acceptors (Lipinski definition) is 0. The number of fused-ring (bicyclic) bond motifs is 10. The molecular formula is C33H24. The van der Waals surface area contributed by atoms with Crippen molar-refractivity contribution < 1.29 is 0 Å². The number of benzene rings is 5. The summed E-state index contributed by atoms with van der Waals surface area (Å²) in [5.41, 5.74) is 16.1. The number of rotatable bonds is 1. The molecule has 0 bridgehead atoms. The lowest BCUT2D eigenvalue weighted by atomic mass is 9.70. The van der Waals surface area contributed by atoms with Crippen LogP contribution in [0.4, 0.5) is 0 Å². The molecule has 156 valence electrons. The average molecular weight is 421 g/mol. The summed E-state index contributed by atoms with van der Waals surface area (Å²) in [6, 6.07) is 40.7. The fourth-order valence-corrected chi connectivity index (χ4v) is 6.41. The van der Waals surface area contributed by atoms with E-state index >= 15 is 0 Å². The van der Waals surface area contributed by atoms with Gasteiger partial charge in [0.2, 0.25) is 0 Å². The molecule has 2 aliphatic rings. The first-order valence-electron chi connectivity index (χ1n) is 11.7. The van der Waals surface area contributed by atoms with Crippen LogP contribution in [0, 0.1) is 13.8 Å². The van der Waals surface area contributed by atoms with Gasteiger partial charge in [-0.05, 0) is 86.7 Å². The van der Waals surface area contributed by atoms with Gasteiger partial charge < -0.3 is 0 Å². The molecule has 5 aromatic rings. The Kier molecular flexibility index (Phi) is 3.71. The van der Waals surface area contributed by atoms with E-state index in [1.54, 1.807) is 0 Å². The van der Waals surface area contributed by atoms with E-state index in [2.05, 4.69) is 123 Å². The molecule has 0 atom stereocenters.